The minimum absolute atomic E-state index is 0.0282. The molecule has 1 aromatic rings. The van der Waals surface area contributed by atoms with Gasteiger partial charge in [0.2, 0.25) is 11.7 Å². The van der Waals surface area contributed by atoms with Crippen LogP contribution in [0.5, 0.6) is 0 Å². The molecule has 26 heavy (non-hydrogen) atoms. The lowest BCUT2D eigenvalue weighted by atomic mass is 9.81. The average Bonchev–Trinajstić information content (AvgIpc) is 3.02. The van der Waals surface area contributed by atoms with Crippen LogP contribution >= 0.6 is 0 Å². The minimum atomic E-state index is -0.329. The molecule has 2 N–H and O–H groups in total. The Morgan fingerprint density at radius 3 is 2.58 bits per heavy atom. The predicted molar refractivity (Wildman–Crippen MR) is 92.2 cm³/mol. The molecule has 2 amide bonds. The number of amides is 2. The van der Waals surface area contributed by atoms with E-state index in [0.717, 1.165) is 18.9 Å². The fraction of sp³-hybridized carbons (Fsp3) is 0.765. The number of fused-ring (bicyclic) bond motifs is 3. The van der Waals surface area contributed by atoms with Crippen molar-refractivity contribution in [2.75, 3.05) is 26.2 Å². The summed E-state index contributed by atoms with van der Waals surface area (Å²) in [6.07, 6.45) is 0.809. The van der Waals surface area contributed by atoms with Crippen molar-refractivity contribution in [1.29, 1.82) is 0 Å². The number of hydrogen-bond donors (Lipinski definition) is 2. The van der Waals surface area contributed by atoms with E-state index in [1.807, 2.05) is 23.3 Å². The standard InChI is InChI=1S/C17H26N6O3/c1-10(2)18-16(25)15-20-19-14-13-9-22(17(26)11-7-12(24)8-11)4-3-21(13)5-6-23(14)15/h10-13,24H,3-9H2,1-2H3,(H,18,25)/t11?,12?,13-/m1/s1. The summed E-state index contributed by atoms with van der Waals surface area (Å²) in [6.45, 7) is 7.40. The summed E-state index contributed by atoms with van der Waals surface area (Å²) in [4.78, 5) is 29.2. The second-order valence-corrected chi connectivity index (χ2v) is 7.82. The molecular weight excluding hydrogens is 336 g/mol. The zero-order chi connectivity index (χ0) is 18.4. The number of carbonyl (C=O) groups is 2. The molecule has 1 saturated heterocycles. The molecule has 2 aliphatic heterocycles. The van der Waals surface area contributed by atoms with E-state index in [1.54, 1.807) is 0 Å². The van der Waals surface area contributed by atoms with Crippen LogP contribution in [0.1, 0.15) is 49.2 Å². The Kier molecular flexibility index (Phi) is 4.44. The minimum Gasteiger partial charge on any atom is -0.393 e. The second kappa shape index (κ2) is 6.62. The summed E-state index contributed by atoms with van der Waals surface area (Å²) < 4.78 is 1.89. The van der Waals surface area contributed by atoms with E-state index in [4.69, 9.17) is 0 Å². The van der Waals surface area contributed by atoms with Crippen molar-refractivity contribution in [3.63, 3.8) is 0 Å². The van der Waals surface area contributed by atoms with Crippen molar-refractivity contribution in [2.45, 2.75) is 51.4 Å². The Morgan fingerprint density at radius 2 is 1.88 bits per heavy atom. The zero-order valence-corrected chi connectivity index (χ0v) is 15.3. The zero-order valence-electron chi connectivity index (χ0n) is 15.3. The highest BCUT2D eigenvalue weighted by molar-refractivity contribution is 5.90. The van der Waals surface area contributed by atoms with Crippen LogP contribution in [0.2, 0.25) is 0 Å². The molecule has 1 aliphatic carbocycles. The Bertz CT molecular complexity index is 711. The molecule has 0 radical (unpaired) electrons. The summed E-state index contributed by atoms with van der Waals surface area (Å²) in [6, 6.07) is 0.00992. The first kappa shape index (κ1) is 17.4. The molecule has 0 unspecified atom stereocenters. The van der Waals surface area contributed by atoms with Crippen LogP contribution in [0, 0.1) is 5.92 Å². The smallest absolute Gasteiger partial charge is 0.289 e. The molecule has 0 aromatic carbocycles. The molecule has 2 fully saturated rings. The lowest BCUT2D eigenvalue weighted by molar-refractivity contribution is -0.146. The Balaban J connectivity index is 1.51. The molecule has 0 bridgehead atoms. The highest BCUT2D eigenvalue weighted by Crippen LogP contribution is 2.33. The van der Waals surface area contributed by atoms with E-state index in [2.05, 4.69) is 20.4 Å². The third kappa shape index (κ3) is 2.99. The molecule has 3 heterocycles. The SMILES string of the molecule is CC(C)NC(=O)c1nnc2n1CCN1CCN(C(=O)C3CC(O)C3)C[C@H]21. The van der Waals surface area contributed by atoms with E-state index in [0.29, 0.717) is 38.3 Å². The van der Waals surface area contributed by atoms with Crippen LogP contribution in [-0.4, -0.2) is 79.8 Å². The van der Waals surface area contributed by atoms with Crippen molar-refractivity contribution in [3.8, 4) is 0 Å². The molecule has 9 nitrogen and oxygen atoms in total. The number of piperazine rings is 1. The largest absolute Gasteiger partial charge is 0.393 e. The number of nitrogens with zero attached hydrogens (tertiary/aromatic N) is 5. The van der Waals surface area contributed by atoms with Gasteiger partial charge in [-0.1, -0.05) is 0 Å². The molecule has 0 spiro atoms. The number of nitrogens with one attached hydrogen (secondary N) is 1. The van der Waals surface area contributed by atoms with Gasteiger partial charge in [0.25, 0.3) is 5.91 Å². The van der Waals surface area contributed by atoms with Crippen LogP contribution in [0.3, 0.4) is 0 Å². The number of hydrogen-bond acceptors (Lipinski definition) is 6. The number of aliphatic hydroxyl groups is 1. The van der Waals surface area contributed by atoms with Crippen molar-refractivity contribution >= 4 is 11.8 Å². The van der Waals surface area contributed by atoms with Gasteiger partial charge in [0.1, 0.15) is 0 Å². The summed E-state index contributed by atoms with van der Waals surface area (Å²) in [7, 11) is 0. The van der Waals surface area contributed by atoms with Crippen LogP contribution in [-0.2, 0) is 11.3 Å². The molecule has 9 heteroatoms. The Morgan fingerprint density at radius 1 is 1.15 bits per heavy atom. The monoisotopic (exact) mass is 362 g/mol. The molecule has 3 aliphatic rings. The Hall–Kier alpha value is -2.00. The molecular formula is C17H26N6O3. The fourth-order valence-corrected chi connectivity index (χ4v) is 4.09. The quantitative estimate of drug-likeness (QED) is 0.743. The third-order valence-electron chi connectivity index (χ3n) is 5.58. The summed E-state index contributed by atoms with van der Waals surface area (Å²) >= 11 is 0. The van der Waals surface area contributed by atoms with Gasteiger partial charge in [0, 0.05) is 44.7 Å². The van der Waals surface area contributed by atoms with E-state index in [-0.39, 0.29) is 35.9 Å². The fourth-order valence-electron chi connectivity index (χ4n) is 4.09. The van der Waals surface area contributed by atoms with Gasteiger partial charge in [-0.3, -0.25) is 14.5 Å². The van der Waals surface area contributed by atoms with Gasteiger partial charge >= 0.3 is 0 Å². The summed E-state index contributed by atoms with van der Waals surface area (Å²) in [5.41, 5.74) is 0. The third-order valence-corrected chi connectivity index (χ3v) is 5.58. The molecule has 142 valence electrons. The van der Waals surface area contributed by atoms with Gasteiger partial charge in [-0.2, -0.15) is 0 Å². The van der Waals surface area contributed by atoms with Gasteiger partial charge in [-0.25, -0.2) is 0 Å². The molecule has 1 aromatic heterocycles. The van der Waals surface area contributed by atoms with Crippen molar-refractivity contribution in [3.05, 3.63) is 11.6 Å². The Labute approximate surface area is 152 Å². The lowest BCUT2D eigenvalue weighted by Gasteiger charge is -2.45. The van der Waals surface area contributed by atoms with Crippen LogP contribution < -0.4 is 5.32 Å². The number of aromatic nitrogens is 3. The van der Waals surface area contributed by atoms with Gasteiger partial charge in [0.05, 0.1) is 12.1 Å². The first-order chi connectivity index (χ1) is 12.4. The van der Waals surface area contributed by atoms with Crippen LogP contribution in [0.4, 0.5) is 0 Å². The first-order valence-electron chi connectivity index (χ1n) is 9.39. The van der Waals surface area contributed by atoms with Crippen molar-refractivity contribution in [1.82, 2.24) is 29.9 Å². The maximum Gasteiger partial charge on any atom is 0.289 e. The van der Waals surface area contributed by atoms with Crippen LogP contribution in [0.25, 0.3) is 0 Å². The molecule has 1 atom stereocenters. The second-order valence-electron chi connectivity index (χ2n) is 7.82. The van der Waals surface area contributed by atoms with Crippen molar-refractivity contribution in [2.24, 2.45) is 5.92 Å². The number of aliphatic hydroxyl groups excluding tert-OH is 1. The number of carbonyl (C=O) groups excluding carboxylic acids is 2. The number of rotatable bonds is 3. The highest BCUT2D eigenvalue weighted by atomic mass is 16.3. The highest BCUT2D eigenvalue weighted by Gasteiger charge is 2.41. The van der Waals surface area contributed by atoms with Gasteiger partial charge < -0.3 is 19.9 Å². The van der Waals surface area contributed by atoms with Crippen LogP contribution in [0.15, 0.2) is 0 Å². The van der Waals surface area contributed by atoms with E-state index in [1.165, 1.54) is 0 Å². The maximum absolute atomic E-state index is 12.6. The topological polar surface area (TPSA) is 104 Å². The first-order valence-corrected chi connectivity index (χ1v) is 9.39. The maximum atomic E-state index is 12.6. The normalized spacial score (nSPS) is 28.3. The van der Waals surface area contributed by atoms with Gasteiger partial charge in [-0.05, 0) is 26.7 Å². The van der Waals surface area contributed by atoms with E-state index in [9.17, 15) is 14.7 Å². The van der Waals surface area contributed by atoms with Crippen molar-refractivity contribution < 1.29 is 14.7 Å². The summed E-state index contributed by atoms with van der Waals surface area (Å²) in [5.74, 6) is 0.976. The molecule has 4 rings (SSSR count). The molecule has 1 saturated carbocycles. The van der Waals surface area contributed by atoms with Gasteiger partial charge in [0.15, 0.2) is 5.82 Å². The average molecular weight is 362 g/mol. The summed E-state index contributed by atoms with van der Waals surface area (Å²) in [5, 5.41) is 20.7. The van der Waals surface area contributed by atoms with Gasteiger partial charge in [-0.15, -0.1) is 10.2 Å². The predicted octanol–water partition coefficient (Wildman–Crippen LogP) is -0.614. The van der Waals surface area contributed by atoms with E-state index < -0.39 is 0 Å². The lowest BCUT2D eigenvalue weighted by Crippen LogP contribution is -2.56. The van der Waals surface area contributed by atoms with E-state index >= 15 is 0 Å².